The largest absolute Gasteiger partial charge is 0.457 e. The van der Waals surface area contributed by atoms with Crippen LogP contribution in [-0.2, 0) is 0 Å². The van der Waals surface area contributed by atoms with Gasteiger partial charge in [-0.15, -0.1) is 0 Å². The van der Waals surface area contributed by atoms with E-state index in [9.17, 15) is 0 Å². The first-order valence-corrected chi connectivity index (χ1v) is 9.49. The van der Waals surface area contributed by atoms with Crippen LogP contribution in [0.4, 0.5) is 0 Å². The maximum atomic E-state index is 6.35. The van der Waals surface area contributed by atoms with Gasteiger partial charge in [0.2, 0.25) is 0 Å². The summed E-state index contributed by atoms with van der Waals surface area (Å²) >= 11 is 12.5. The molecule has 0 radical (unpaired) electrons. The quantitative estimate of drug-likeness (QED) is 0.332. The zero-order valence-electron chi connectivity index (χ0n) is 14.8. The molecule has 0 aliphatic rings. The van der Waals surface area contributed by atoms with Crippen molar-refractivity contribution in [1.29, 1.82) is 0 Å². The highest BCUT2D eigenvalue weighted by Gasteiger charge is 2.08. The molecule has 0 N–H and O–H groups in total. The number of hydrogen-bond acceptors (Lipinski definition) is 2. The number of benzene rings is 4. The van der Waals surface area contributed by atoms with Crippen molar-refractivity contribution < 1.29 is 9.47 Å². The molecule has 138 valence electrons. The summed E-state index contributed by atoms with van der Waals surface area (Å²) in [5.41, 5.74) is 1.97. The van der Waals surface area contributed by atoms with Gasteiger partial charge in [0.15, 0.2) is 0 Å². The van der Waals surface area contributed by atoms with Gasteiger partial charge in [-0.05, 0) is 59.7 Å². The molecule has 0 saturated carbocycles. The first-order valence-electron chi connectivity index (χ1n) is 8.74. The molecule has 28 heavy (non-hydrogen) atoms. The van der Waals surface area contributed by atoms with E-state index in [4.69, 9.17) is 32.7 Å². The fourth-order valence-corrected chi connectivity index (χ4v) is 3.13. The van der Waals surface area contributed by atoms with Crippen molar-refractivity contribution in [2.45, 2.75) is 0 Å². The van der Waals surface area contributed by atoms with Crippen molar-refractivity contribution in [2.24, 2.45) is 0 Å². The van der Waals surface area contributed by atoms with E-state index in [1.54, 1.807) is 0 Å². The lowest BCUT2D eigenvalue weighted by Gasteiger charge is -2.12. The van der Waals surface area contributed by atoms with Gasteiger partial charge in [-0.2, -0.15) is 0 Å². The van der Waals surface area contributed by atoms with Gasteiger partial charge >= 0.3 is 0 Å². The highest BCUT2D eigenvalue weighted by atomic mass is 35.5. The number of hydrogen-bond donors (Lipinski definition) is 0. The summed E-state index contributed by atoms with van der Waals surface area (Å²) < 4.78 is 11.9. The Bertz CT molecular complexity index is 1090. The molecule has 2 nitrogen and oxygen atoms in total. The standard InChI is InChI=1S/C24H16Cl2O2/c25-19-7-4-6-17(14-19)18-12-13-23(26)24(15-18)28-22-11-5-10-21(16-22)27-20-8-2-1-3-9-20/h1-16H. The molecular formula is C24H16Cl2O2. The molecule has 0 aliphatic carbocycles. The molecule has 0 aliphatic heterocycles. The second-order valence-corrected chi connectivity index (χ2v) is 6.99. The van der Waals surface area contributed by atoms with Gasteiger partial charge in [0.05, 0.1) is 5.02 Å². The lowest BCUT2D eigenvalue weighted by atomic mass is 10.1. The van der Waals surface area contributed by atoms with Crippen LogP contribution in [0.5, 0.6) is 23.0 Å². The Labute approximate surface area is 173 Å². The third kappa shape index (κ3) is 4.48. The molecule has 0 saturated heterocycles. The lowest BCUT2D eigenvalue weighted by molar-refractivity contribution is 0.460. The third-order valence-corrected chi connectivity index (χ3v) is 4.65. The number of para-hydroxylation sites is 1. The summed E-state index contributed by atoms with van der Waals surface area (Å²) in [5.74, 6) is 2.65. The van der Waals surface area contributed by atoms with E-state index in [2.05, 4.69) is 0 Å². The normalized spacial score (nSPS) is 10.5. The van der Waals surface area contributed by atoms with E-state index in [0.717, 1.165) is 16.9 Å². The fourth-order valence-electron chi connectivity index (χ4n) is 2.78. The van der Waals surface area contributed by atoms with Crippen LogP contribution in [-0.4, -0.2) is 0 Å². The maximum Gasteiger partial charge on any atom is 0.146 e. The van der Waals surface area contributed by atoms with Gasteiger partial charge in [0.1, 0.15) is 23.0 Å². The Balaban J connectivity index is 1.59. The van der Waals surface area contributed by atoms with Crippen LogP contribution < -0.4 is 9.47 Å². The van der Waals surface area contributed by atoms with Crippen LogP contribution in [0, 0.1) is 0 Å². The van der Waals surface area contributed by atoms with Crippen LogP contribution >= 0.6 is 23.2 Å². The molecule has 0 fully saturated rings. The second kappa shape index (κ2) is 8.39. The summed E-state index contributed by atoms with van der Waals surface area (Å²) in [5, 5.41) is 1.21. The molecule has 4 heteroatoms. The van der Waals surface area contributed by atoms with Gasteiger partial charge in [-0.3, -0.25) is 0 Å². The van der Waals surface area contributed by atoms with Gasteiger partial charge in [-0.25, -0.2) is 0 Å². The maximum absolute atomic E-state index is 6.35. The Morgan fingerprint density at radius 3 is 1.96 bits per heavy atom. The minimum atomic E-state index is 0.528. The lowest BCUT2D eigenvalue weighted by Crippen LogP contribution is -1.89. The van der Waals surface area contributed by atoms with Gasteiger partial charge in [-0.1, -0.05) is 65.7 Å². The van der Waals surface area contributed by atoms with Crippen molar-refractivity contribution in [3.8, 4) is 34.1 Å². The van der Waals surface area contributed by atoms with Gasteiger partial charge in [0, 0.05) is 11.1 Å². The third-order valence-electron chi connectivity index (χ3n) is 4.10. The monoisotopic (exact) mass is 406 g/mol. The molecule has 4 aromatic rings. The van der Waals surface area contributed by atoms with Crippen LogP contribution in [0.1, 0.15) is 0 Å². The summed E-state index contributed by atoms with van der Waals surface area (Å²) in [6.07, 6.45) is 0. The summed E-state index contributed by atoms with van der Waals surface area (Å²) in [6, 6.07) is 30.4. The molecule has 0 aromatic heterocycles. The predicted octanol–water partition coefficient (Wildman–Crippen LogP) is 8.25. The summed E-state index contributed by atoms with van der Waals surface area (Å²) in [4.78, 5) is 0. The molecule has 0 spiro atoms. The zero-order valence-corrected chi connectivity index (χ0v) is 16.3. The van der Waals surface area contributed by atoms with E-state index in [0.29, 0.717) is 27.3 Å². The van der Waals surface area contributed by atoms with Crippen molar-refractivity contribution in [3.63, 3.8) is 0 Å². The van der Waals surface area contributed by atoms with Crippen LogP contribution in [0.2, 0.25) is 10.0 Å². The molecule has 0 amide bonds. The van der Waals surface area contributed by atoms with E-state index >= 15 is 0 Å². The van der Waals surface area contributed by atoms with Crippen molar-refractivity contribution >= 4 is 23.2 Å². The second-order valence-electron chi connectivity index (χ2n) is 6.15. The average Bonchev–Trinajstić information content (AvgIpc) is 2.71. The van der Waals surface area contributed by atoms with Crippen LogP contribution in [0.15, 0.2) is 97.1 Å². The minimum Gasteiger partial charge on any atom is -0.457 e. The molecule has 0 atom stereocenters. The van der Waals surface area contributed by atoms with E-state index in [1.165, 1.54) is 0 Å². The van der Waals surface area contributed by atoms with Crippen molar-refractivity contribution in [3.05, 3.63) is 107 Å². The van der Waals surface area contributed by atoms with E-state index < -0.39 is 0 Å². The zero-order chi connectivity index (χ0) is 19.3. The molecule has 4 rings (SSSR count). The van der Waals surface area contributed by atoms with Crippen LogP contribution in [0.25, 0.3) is 11.1 Å². The number of ether oxygens (including phenoxy) is 2. The smallest absolute Gasteiger partial charge is 0.146 e. The van der Waals surface area contributed by atoms with Crippen LogP contribution in [0.3, 0.4) is 0 Å². The average molecular weight is 407 g/mol. The first kappa shape index (κ1) is 18.4. The molecule has 0 heterocycles. The first-order chi connectivity index (χ1) is 13.7. The number of halogens is 2. The minimum absolute atomic E-state index is 0.528. The van der Waals surface area contributed by atoms with E-state index in [1.807, 2.05) is 97.1 Å². The van der Waals surface area contributed by atoms with Crippen molar-refractivity contribution in [1.82, 2.24) is 0 Å². The molecule has 0 bridgehead atoms. The number of rotatable bonds is 5. The van der Waals surface area contributed by atoms with Crippen molar-refractivity contribution in [2.75, 3.05) is 0 Å². The Kier molecular flexibility index (Phi) is 5.52. The Morgan fingerprint density at radius 2 is 1.18 bits per heavy atom. The Hall–Kier alpha value is -2.94. The fraction of sp³-hybridized carbons (Fsp3) is 0. The molecular weight excluding hydrogens is 391 g/mol. The molecule has 4 aromatic carbocycles. The SMILES string of the molecule is Clc1cccc(-c2ccc(Cl)c(Oc3cccc(Oc4ccccc4)c3)c2)c1. The Morgan fingerprint density at radius 1 is 0.500 bits per heavy atom. The highest BCUT2D eigenvalue weighted by Crippen LogP contribution is 2.35. The highest BCUT2D eigenvalue weighted by molar-refractivity contribution is 6.32. The predicted molar refractivity (Wildman–Crippen MR) is 115 cm³/mol. The summed E-state index contributed by atoms with van der Waals surface area (Å²) in [7, 11) is 0. The van der Waals surface area contributed by atoms with Gasteiger partial charge < -0.3 is 9.47 Å². The molecule has 0 unspecified atom stereocenters. The van der Waals surface area contributed by atoms with E-state index in [-0.39, 0.29) is 0 Å². The summed E-state index contributed by atoms with van der Waals surface area (Å²) in [6.45, 7) is 0. The van der Waals surface area contributed by atoms with Gasteiger partial charge in [0.25, 0.3) is 0 Å². The topological polar surface area (TPSA) is 18.5 Å².